The number of allylic oxidation sites excluding steroid dienone is 1. The van der Waals surface area contributed by atoms with Crippen molar-refractivity contribution < 1.29 is 9.53 Å². The molecule has 2 nitrogen and oxygen atoms in total. The fourth-order valence-electron chi connectivity index (χ4n) is 1.50. The van der Waals surface area contributed by atoms with E-state index >= 15 is 0 Å². The van der Waals surface area contributed by atoms with E-state index in [1.807, 2.05) is 30.3 Å². The van der Waals surface area contributed by atoms with Gasteiger partial charge in [0.15, 0.2) is 0 Å². The van der Waals surface area contributed by atoms with Crippen LogP contribution in [-0.2, 0) is 9.53 Å². The molecule has 3 heteroatoms. The van der Waals surface area contributed by atoms with Crippen molar-refractivity contribution in [1.29, 1.82) is 0 Å². The van der Waals surface area contributed by atoms with Gasteiger partial charge in [-0.1, -0.05) is 55.6 Å². The van der Waals surface area contributed by atoms with Crippen LogP contribution >= 0.6 is 0 Å². The molecule has 0 aliphatic rings. The SMILES string of the molecule is CCOC(=O)/C(C#C[Si](C)(C)C)=C(/C)C#Cc1ccccc1. The van der Waals surface area contributed by atoms with Gasteiger partial charge in [0.1, 0.15) is 13.6 Å². The number of carbonyl (C=O) groups excluding carboxylic acids is 1. The minimum atomic E-state index is -1.57. The van der Waals surface area contributed by atoms with E-state index < -0.39 is 14.0 Å². The molecule has 0 radical (unpaired) electrons. The summed E-state index contributed by atoms with van der Waals surface area (Å²) in [5.74, 6) is 8.66. The Morgan fingerprint density at radius 2 is 1.77 bits per heavy atom. The van der Waals surface area contributed by atoms with Gasteiger partial charge in [-0.3, -0.25) is 0 Å². The minimum Gasteiger partial charge on any atom is -0.462 e. The number of hydrogen-bond acceptors (Lipinski definition) is 2. The van der Waals surface area contributed by atoms with E-state index in [1.165, 1.54) is 0 Å². The number of rotatable bonds is 2. The molecular formula is C19H22O2Si. The van der Waals surface area contributed by atoms with Crippen molar-refractivity contribution in [3.05, 3.63) is 47.0 Å². The van der Waals surface area contributed by atoms with Crippen LogP contribution in [0.2, 0.25) is 19.6 Å². The molecule has 1 rings (SSSR count). The molecule has 1 aromatic rings. The van der Waals surface area contributed by atoms with Gasteiger partial charge in [0.2, 0.25) is 0 Å². The Bertz CT molecular complexity index is 671. The fraction of sp³-hybridized carbons (Fsp3) is 0.316. The molecule has 0 fully saturated rings. The first-order chi connectivity index (χ1) is 10.3. The highest BCUT2D eigenvalue weighted by atomic mass is 28.3. The molecule has 0 heterocycles. The van der Waals surface area contributed by atoms with Crippen LogP contribution in [0.5, 0.6) is 0 Å². The molecule has 114 valence electrons. The number of carbonyl (C=O) groups is 1. The van der Waals surface area contributed by atoms with E-state index in [2.05, 4.69) is 42.9 Å². The molecule has 0 unspecified atom stereocenters. The van der Waals surface area contributed by atoms with Gasteiger partial charge in [0, 0.05) is 11.1 Å². The maximum Gasteiger partial charge on any atom is 0.347 e. The zero-order chi connectivity index (χ0) is 16.6. The van der Waals surface area contributed by atoms with Crippen molar-refractivity contribution in [3.8, 4) is 23.3 Å². The van der Waals surface area contributed by atoms with Crippen LogP contribution in [0.25, 0.3) is 0 Å². The van der Waals surface area contributed by atoms with Crippen LogP contribution in [0.1, 0.15) is 19.4 Å². The molecule has 0 atom stereocenters. The van der Waals surface area contributed by atoms with Gasteiger partial charge in [0.05, 0.1) is 6.61 Å². The molecular weight excluding hydrogens is 288 g/mol. The summed E-state index contributed by atoms with van der Waals surface area (Å²) < 4.78 is 5.09. The van der Waals surface area contributed by atoms with Crippen LogP contribution in [0.15, 0.2) is 41.5 Å². The molecule has 0 bridgehead atoms. The average Bonchev–Trinajstić information content (AvgIpc) is 2.45. The Morgan fingerprint density at radius 1 is 1.14 bits per heavy atom. The summed E-state index contributed by atoms with van der Waals surface area (Å²) in [6.45, 7) is 10.3. The Kier molecular flexibility index (Phi) is 6.70. The van der Waals surface area contributed by atoms with Crippen molar-refractivity contribution in [2.24, 2.45) is 0 Å². The summed E-state index contributed by atoms with van der Waals surface area (Å²) in [6.07, 6.45) is 0. The van der Waals surface area contributed by atoms with E-state index in [4.69, 9.17) is 4.74 Å². The summed E-state index contributed by atoms with van der Waals surface area (Å²) in [6, 6.07) is 9.66. The van der Waals surface area contributed by atoms with Crippen LogP contribution < -0.4 is 0 Å². The topological polar surface area (TPSA) is 26.3 Å². The predicted octanol–water partition coefficient (Wildman–Crippen LogP) is 3.80. The molecule has 0 aliphatic carbocycles. The molecule has 0 saturated carbocycles. The predicted molar refractivity (Wildman–Crippen MR) is 93.8 cm³/mol. The molecule has 1 aromatic carbocycles. The molecule has 0 aliphatic heterocycles. The van der Waals surface area contributed by atoms with Gasteiger partial charge in [-0.05, 0) is 26.0 Å². The largest absolute Gasteiger partial charge is 0.462 e. The van der Waals surface area contributed by atoms with Gasteiger partial charge in [-0.2, -0.15) is 0 Å². The fourth-order valence-corrected chi connectivity index (χ4v) is 2.00. The van der Waals surface area contributed by atoms with Crippen molar-refractivity contribution in [2.45, 2.75) is 33.5 Å². The second-order valence-corrected chi connectivity index (χ2v) is 10.6. The first kappa shape index (κ1) is 17.8. The monoisotopic (exact) mass is 310 g/mol. The molecule has 0 amide bonds. The molecule has 22 heavy (non-hydrogen) atoms. The molecule has 0 aromatic heterocycles. The van der Waals surface area contributed by atoms with E-state index in [0.29, 0.717) is 17.8 Å². The van der Waals surface area contributed by atoms with Gasteiger partial charge >= 0.3 is 5.97 Å². The van der Waals surface area contributed by atoms with Gasteiger partial charge in [-0.15, -0.1) is 5.54 Å². The first-order valence-corrected chi connectivity index (χ1v) is 10.8. The summed E-state index contributed by atoms with van der Waals surface area (Å²) in [5, 5.41) is 0. The Hall–Kier alpha value is -2.23. The third kappa shape index (κ3) is 6.48. The van der Waals surface area contributed by atoms with E-state index in [9.17, 15) is 4.79 Å². The van der Waals surface area contributed by atoms with E-state index in [1.54, 1.807) is 13.8 Å². The Balaban J connectivity index is 3.20. The number of hydrogen-bond donors (Lipinski definition) is 0. The van der Waals surface area contributed by atoms with Crippen LogP contribution in [0, 0.1) is 23.3 Å². The normalized spacial score (nSPS) is 11.3. The Labute approximate surface area is 134 Å². The van der Waals surface area contributed by atoms with Crippen LogP contribution in [-0.4, -0.2) is 20.7 Å². The third-order valence-corrected chi connectivity index (χ3v) is 3.46. The van der Waals surface area contributed by atoms with Crippen molar-refractivity contribution in [2.75, 3.05) is 6.61 Å². The van der Waals surface area contributed by atoms with Crippen molar-refractivity contribution >= 4 is 14.0 Å². The number of esters is 1. The Morgan fingerprint density at radius 3 is 2.32 bits per heavy atom. The van der Waals surface area contributed by atoms with Crippen molar-refractivity contribution in [3.63, 3.8) is 0 Å². The van der Waals surface area contributed by atoms with Gasteiger partial charge < -0.3 is 4.74 Å². The second-order valence-electron chi connectivity index (χ2n) is 5.84. The van der Waals surface area contributed by atoms with E-state index in [0.717, 1.165) is 5.56 Å². The van der Waals surface area contributed by atoms with Crippen molar-refractivity contribution in [1.82, 2.24) is 0 Å². The highest BCUT2D eigenvalue weighted by Gasteiger charge is 2.13. The highest BCUT2D eigenvalue weighted by Crippen LogP contribution is 2.07. The lowest BCUT2D eigenvalue weighted by atomic mass is 10.1. The maximum atomic E-state index is 12.1. The van der Waals surface area contributed by atoms with Crippen LogP contribution in [0.3, 0.4) is 0 Å². The van der Waals surface area contributed by atoms with Crippen LogP contribution in [0.4, 0.5) is 0 Å². The highest BCUT2D eigenvalue weighted by molar-refractivity contribution is 6.83. The lowest BCUT2D eigenvalue weighted by molar-refractivity contribution is -0.138. The smallest absolute Gasteiger partial charge is 0.347 e. The summed E-state index contributed by atoms with van der Waals surface area (Å²) in [5.41, 5.74) is 5.12. The maximum absolute atomic E-state index is 12.1. The third-order valence-electron chi connectivity index (χ3n) is 2.59. The first-order valence-electron chi connectivity index (χ1n) is 7.31. The summed E-state index contributed by atoms with van der Waals surface area (Å²) in [4.78, 5) is 12.1. The zero-order valence-electron chi connectivity index (χ0n) is 13.9. The van der Waals surface area contributed by atoms with Gasteiger partial charge in [-0.25, -0.2) is 4.79 Å². The number of benzene rings is 1. The van der Waals surface area contributed by atoms with E-state index in [-0.39, 0.29) is 0 Å². The van der Waals surface area contributed by atoms with Gasteiger partial charge in [0.25, 0.3) is 0 Å². The molecule has 0 N–H and O–H groups in total. The summed E-state index contributed by atoms with van der Waals surface area (Å²) >= 11 is 0. The molecule has 0 spiro atoms. The second kappa shape index (κ2) is 8.27. The number of ether oxygens (including phenoxy) is 1. The average molecular weight is 310 g/mol. The lowest BCUT2D eigenvalue weighted by Crippen LogP contribution is -2.17. The standard InChI is InChI=1S/C19H22O2Si/c1-6-21-19(20)18(14-15-22(3,4)5)16(2)12-13-17-10-8-7-9-11-17/h7-11H,6H2,1-5H3/b18-16-. The summed E-state index contributed by atoms with van der Waals surface area (Å²) in [7, 11) is -1.57. The quantitative estimate of drug-likeness (QED) is 0.359. The lowest BCUT2D eigenvalue weighted by Gasteiger charge is -2.06. The minimum absolute atomic E-state index is 0.330. The zero-order valence-corrected chi connectivity index (χ0v) is 14.9. The molecule has 0 saturated heterocycles.